The van der Waals surface area contributed by atoms with Crippen molar-refractivity contribution >= 4 is 5.91 Å². The maximum absolute atomic E-state index is 12.6. The molecule has 1 spiro atoms. The average molecular weight is 324 g/mol. The standard InChI is InChI=1S/C20H24N2O2/c1-3-19(23)22(14-16-7-8-17(13-21)15(2)12-16)18-6-4-11-24-20(18)9-5-10-20/h3,7-8,12,18H,1,4-6,9-11,14H2,2H3. The molecule has 1 aliphatic carbocycles. The van der Waals surface area contributed by atoms with Crippen molar-refractivity contribution in [3.63, 3.8) is 0 Å². The smallest absolute Gasteiger partial charge is 0.246 e. The van der Waals surface area contributed by atoms with Crippen LogP contribution in [0.15, 0.2) is 30.9 Å². The number of rotatable bonds is 4. The van der Waals surface area contributed by atoms with Crippen molar-refractivity contribution in [1.29, 1.82) is 5.26 Å². The SMILES string of the molecule is C=CC(=O)N(Cc1ccc(C#N)c(C)c1)C1CCCOC12CCC2. The highest BCUT2D eigenvalue weighted by molar-refractivity contribution is 5.87. The van der Waals surface area contributed by atoms with Crippen molar-refractivity contribution in [2.75, 3.05) is 6.61 Å². The van der Waals surface area contributed by atoms with E-state index in [4.69, 9.17) is 10.00 Å². The molecule has 1 aliphatic heterocycles. The molecule has 4 nitrogen and oxygen atoms in total. The summed E-state index contributed by atoms with van der Waals surface area (Å²) < 4.78 is 6.12. The molecule has 1 aromatic rings. The molecule has 0 radical (unpaired) electrons. The van der Waals surface area contributed by atoms with Gasteiger partial charge in [0, 0.05) is 13.2 Å². The van der Waals surface area contributed by atoms with Crippen LogP contribution in [0.5, 0.6) is 0 Å². The van der Waals surface area contributed by atoms with Crippen LogP contribution in [0, 0.1) is 18.3 Å². The van der Waals surface area contributed by atoms with Crippen LogP contribution in [0.25, 0.3) is 0 Å². The van der Waals surface area contributed by atoms with Crippen LogP contribution >= 0.6 is 0 Å². The molecule has 1 atom stereocenters. The summed E-state index contributed by atoms with van der Waals surface area (Å²) in [5, 5.41) is 9.09. The van der Waals surface area contributed by atoms with E-state index >= 15 is 0 Å². The van der Waals surface area contributed by atoms with Gasteiger partial charge in [0.05, 0.1) is 23.3 Å². The van der Waals surface area contributed by atoms with Gasteiger partial charge in [-0.15, -0.1) is 0 Å². The van der Waals surface area contributed by atoms with Crippen LogP contribution in [0.3, 0.4) is 0 Å². The van der Waals surface area contributed by atoms with Gasteiger partial charge in [0.15, 0.2) is 0 Å². The summed E-state index contributed by atoms with van der Waals surface area (Å²) in [6, 6.07) is 8.07. The van der Waals surface area contributed by atoms with Gasteiger partial charge in [0.2, 0.25) is 5.91 Å². The predicted octanol–water partition coefficient (Wildman–Crippen LogP) is 3.48. The zero-order valence-electron chi connectivity index (χ0n) is 14.3. The highest BCUT2D eigenvalue weighted by atomic mass is 16.5. The first-order valence-corrected chi connectivity index (χ1v) is 8.66. The van der Waals surface area contributed by atoms with Crippen LogP contribution in [0.4, 0.5) is 0 Å². The Bertz CT molecular complexity index is 685. The maximum Gasteiger partial charge on any atom is 0.246 e. The molecule has 2 fully saturated rings. The molecule has 126 valence electrons. The van der Waals surface area contributed by atoms with Gasteiger partial charge >= 0.3 is 0 Å². The van der Waals surface area contributed by atoms with E-state index in [-0.39, 0.29) is 17.6 Å². The van der Waals surface area contributed by atoms with Gasteiger partial charge in [-0.1, -0.05) is 18.7 Å². The van der Waals surface area contributed by atoms with Gasteiger partial charge < -0.3 is 9.64 Å². The van der Waals surface area contributed by atoms with Gasteiger partial charge in [-0.3, -0.25) is 4.79 Å². The van der Waals surface area contributed by atoms with E-state index in [1.165, 1.54) is 12.5 Å². The second kappa shape index (κ2) is 6.78. The molecule has 1 amide bonds. The van der Waals surface area contributed by atoms with Gasteiger partial charge in [-0.25, -0.2) is 0 Å². The van der Waals surface area contributed by atoms with Gasteiger partial charge in [0.1, 0.15) is 0 Å². The second-order valence-electron chi connectivity index (χ2n) is 6.86. The van der Waals surface area contributed by atoms with E-state index in [2.05, 4.69) is 12.6 Å². The Balaban J connectivity index is 1.87. The zero-order chi connectivity index (χ0) is 17.2. The summed E-state index contributed by atoms with van der Waals surface area (Å²) in [5.41, 5.74) is 2.51. The van der Waals surface area contributed by atoms with Gasteiger partial charge in [0.25, 0.3) is 0 Å². The van der Waals surface area contributed by atoms with Crippen LogP contribution in [-0.4, -0.2) is 29.1 Å². The minimum Gasteiger partial charge on any atom is -0.373 e. The number of hydrogen-bond donors (Lipinski definition) is 0. The van der Waals surface area contributed by atoms with Crippen LogP contribution in [0.1, 0.15) is 48.8 Å². The molecule has 1 heterocycles. The van der Waals surface area contributed by atoms with Crippen molar-refractivity contribution in [3.05, 3.63) is 47.5 Å². The number of hydrogen-bond acceptors (Lipinski definition) is 3. The van der Waals surface area contributed by atoms with Crippen LogP contribution in [-0.2, 0) is 16.1 Å². The summed E-state index contributed by atoms with van der Waals surface area (Å²) in [7, 11) is 0. The van der Waals surface area contributed by atoms with E-state index in [9.17, 15) is 4.79 Å². The third-order valence-electron chi connectivity index (χ3n) is 5.42. The fourth-order valence-corrected chi connectivity index (χ4v) is 3.96. The predicted molar refractivity (Wildman–Crippen MR) is 92.2 cm³/mol. The Morgan fingerprint density at radius 3 is 2.88 bits per heavy atom. The zero-order valence-corrected chi connectivity index (χ0v) is 14.3. The first kappa shape index (κ1) is 16.7. The van der Waals surface area contributed by atoms with Crippen molar-refractivity contribution in [2.24, 2.45) is 0 Å². The molecule has 1 aromatic carbocycles. The molecule has 4 heteroatoms. The Kier molecular flexibility index (Phi) is 4.73. The molecule has 1 saturated carbocycles. The lowest BCUT2D eigenvalue weighted by Crippen LogP contribution is -2.61. The molecule has 2 aliphatic rings. The van der Waals surface area contributed by atoms with Crippen LogP contribution < -0.4 is 0 Å². The number of nitriles is 1. The first-order chi connectivity index (χ1) is 11.6. The monoisotopic (exact) mass is 324 g/mol. The van der Waals surface area contributed by atoms with E-state index in [0.717, 1.165) is 43.4 Å². The molecule has 24 heavy (non-hydrogen) atoms. The topological polar surface area (TPSA) is 53.3 Å². The van der Waals surface area contributed by atoms with Crippen molar-refractivity contribution in [2.45, 2.75) is 57.2 Å². The van der Waals surface area contributed by atoms with E-state index in [1.54, 1.807) is 0 Å². The molecule has 0 aromatic heterocycles. The summed E-state index contributed by atoms with van der Waals surface area (Å²) in [5.74, 6) is -0.0428. The lowest BCUT2D eigenvalue weighted by atomic mass is 9.71. The minimum absolute atomic E-state index is 0.0428. The summed E-state index contributed by atoms with van der Waals surface area (Å²) >= 11 is 0. The fraction of sp³-hybridized carbons (Fsp3) is 0.500. The fourth-order valence-electron chi connectivity index (χ4n) is 3.96. The second-order valence-corrected chi connectivity index (χ2v) is 6.86. The minimum atomic E-state index is -0.154. The molecule has 0 bridgehead atoms. The Morgan fingerprint density at radius 1 is 1.50 bits per heavy atom. The molecule has 1 saturated heterocycles. The molecule has 1 unspecified atom stereocenters. The molecule has 0 N–H and O–H groups in total. The number of carbonyl (C=O) groups excluding carboxylic acids is 1. The Labute approximate surface area is 143 Å². The van der Waals surface area contributed by atoms with Gasteiger partial charge in [-0.2, -0.15) is 5.26 Å². The van der Waals surface area contributed by atoms with E-state index in [0.29, 0.717) is 12.1 Å². The molecular formula is C20H24N2O2. The van der Waals surface area contributed by atoms with Crippen molar-refractivity contribution in [3.8, 4) is 6.07 Å². The maximum atomic E-state index is 12.6. The summed E-state index contributed by atoms with van der Waals surface area (Å²) in [6.45, 7) is 6.94. The lowest BCUT2D eigenvalue weighted by Gasteiger charge is -2.53. The number of aryl methyl sites for hydroxylation is 1. The highest BCUT2D eigenvalue weighted by Crippen LogP contribution is 2.45. The number of amides is 1. The van der Waals surface area contributed by atoms with Crippen LogP contribution in [0.2, 0.25) is 0 Å². The highest BCUT2D eigenvalue weighted by Gasteiger charge is 2.50. The first-order valence-electron chi connectivity index (χ1n) is 8.66. The van der Waals surface area contributed by atoms with Crippen molar-refractivity contribution in [1.82, 2.24) is 4.90 Å². The largest absolute Gasteiger partial charge is 0.373 e. The third kappa shape index (κ3) is 2.97. The third-order valence-corrected chi connectivity index (χ3v) is 5.42. The van der Waals surface area contributed by atoms with Gasteiger partial charge in [-0.05, 0) is 62.3 Å². The quantitative estimate of drug-likeness (QED) is 0.797. The lowest BCUT2D eigenvalue weighted by molar-refractivity contribution is -0.181. The number of benzene rings is 1. The van der Waals surface area contributed by atoms with E-state index < -0.39 is 0 Å². The number of nitrogens with zero attached hydrogens (tertiary/aromatic N) is 2. The Hall–Kier alpha value is -2.12. The average Bonchev–Trinajstić information content (AvgIpc) is 2.57. The molecular weight excluding hydrogens is 300 g/mol. The van der Waals surface area contributed by atoms with E-state index in [1.807, 2.05) is 30.0 Å². The normalized spacial score (nSPS) is 21.6. The molecule has 3 rings (SSSR count). The summed E-state index contributed by atoms with van der Waals surface area (Å²) in [4.78, 5) is 14.5. The number of ether oxygens (including phenoxy) is 1. The summed E-state index contributed by atoms with van der Waals surface area (Å²) in [6.07, 6.45) is 6.60. The number of carbonyl (C=O) groups is 1. The van der Waals surface area contributed by atoms with Crippen molar-refractivity contribution < 1.29 is 9.53 Å². The Morgan fingerprint density at radius 2 is 2.29 bits per heavy atom.